The monoisotopic (exact) mass is 585 g/mol. The highest BCUT2D eigenvalue weighted by Gasteiger charge is 2.16. The molecule has 0 aliphatic heterocycles. The first-order valence-corrected chi connectivity index (χ1v) is 15.5. The number of rotatable bonds is 5. The second kappa shape index (κ2) is 10.8. The van der Waals surface area contributed by atoms with E-state index in [0.29, 0.717) is 5.82 Å². The fraction of sp³-hybridized carbons (Fsp3) is 0. The molecule has 0 saturated carbocycles. The lowest BCUT2D eigenvalue weighted by atomic mass is 9.91. The molecule has 0 saturated heterocycles. The van der Waals surface area contributed by atoms with Gasteiger partial charge in [0.15, 0.2) is 5.82 Å². The van der Waals surface area contributed by atoms with Crippen LogP contribution in [0.5, 0.6) is 0 Å². The van der Waals surface area contributed by atoms with Crippen molar-refractivity contribution in [3.8, 4) is 56.2 Å². The third-order valence-corrected chi connectivity index (χ3v) is 8.98. The summed E-state index contributed by atoms with van der Waals surface area (Å²) in [6, 6.07) is 53.7. The predicted molar refractivity (Wildman–Crippen MR) is 191 cm³/mol. The van der Waals surface area contributed by atoms with Crippen LogP contribution in [-0.2, 0) is 0 Å². The molecule has 7 aromatic carbocycles. The number of nitrogens with zero attached hydrogens (tertiary/aromatic N) is 3. The minimum atomic E-state index is 0.705. The predicted octanol–water partition coefficient (Wildman–Crippen LogP) is 11.1. The zero-order valence-electron chi connectivity index (χ0n) is 24.9. The van der Waals surface area contributed by atoms with Crippen LogP contribution in [0.1, 0.15) is 0 Å². The summed E-state index contributed by atoms with van der Waals surface area (Å²) < 4.78 is 0. The van der Waals surface area contributed by atoms with Crippen molar-refractivity contribution in [3.63, 3.8) is 0 Å². The molecule has 9 rings (SSSR count). The fourth-order valence-corrected chi connectivity index (χ4v) is 6.64. The van der Waals surface area contributed by atoms with Crippen LogP contribution >= 0.6 is 0 Å². The van der Waals surface area contributed by atoms with Crippen LogP contribution in [-0.4, -0.2) is 15.0 Å². The summed E-state index contributed by atoms with van der Waals surface area (Å²) in [6.07, 6.45) is 3.65. The summed E-state index contributed by atoms with van der Waals surface area (Å²) in [5.41, 5.74) is 9.55. The van der Waals surface area contributed by atoms with Crippen LogP contribution in [0, 0.1) is 0 Å². The lowest BCUT2D eigenvalue weighted by Crippen LogP contribution is -1.97. The topological polar surface area (TPSA) is 38.7 Å². The molecule has 2 aromatic heterocycles. The van der Waals surface area contributed by atoms with E-state index in [4.69, 9.17) is 9.97 Å². The van der Waals surface area contributed by atoms with E-state index >= 15 is 0 Å². The van der Waals surface area contributed by atoms with Crippen molar-refractivity contribution in [2.75, 3.05) is 0 Å². The summed E-state index contributed by atoms with van der Waals surface area (Å²) in [7, 11) is 0. The molecule has 0 spiro atoms. The van der Waals surface area contributed by atoms with E-state index in [1.165, 1.54) is 43.4 Å². The van der Waals surface area contributed by atoms with Gasteiger partial charge in [-0.15, -0.1) is 0 Å². The van der Waals surface area contributed by atoms with Gasteiger partial charge in [-0.3, -0.25) is 4.98 Å². The molecule has 3 nitrogen and oxygen atoms in total. The van der Waals surface area contributed by atoms with E-state index in [0.717, 1.165) is 39.2 Å². The molecule has 0 amide bonds. The average molecular weight is 586 g/mol. The molecule has 0 aliphatic carbocycles. The molecule has 46 heavy (non-hydrogen) atoms. The molecular weight excluding hydrogens is 558 g/mol. The average Bonchev–Trinajstić information content (AvgIpc) is 3.14. The fourth-order valence-electron chi connectivity index (χ4n) is 6.64. The molecule has 0 fully saturated rings. The molecule has 0 aliphatic rings. The van der Waals surface area contributed by atoms with Gasteiger partial charge in [0, 0.05) is 29.1 Å². The minimum absolute atomic E-state index is 0.705. The summed E-state index contributed by atoms with van der Waals surface area (Å²) in [6.45, 7) is 0. The molecule has 0 bridgehead atoms. The zero-order valence-corrected chi connectivity index (χ0v) is 24.9. The standard InChI is InChI=1S/C43H27N3/c1-2-5-28(6-3-1)29-11-17-36(18-12-29)43-45-39(32-13-9-30(10-14-32)31-23-25-44-26-24-31)27-40(46-43)37-21-19-35-16-15-33-7-4-8-34-20-22-38(37)42(35)41(33)34/h1-27H. The number of hydrogen-bond donors (Lipinski definition) is 0. The van der Waals surface area contributed by atoms with Crippen molar-refractivity contribution in [1.29, 1.82) is 0 Å². The van der Waals surface area contributed by atoms with Gasteiger partial charge in [0.25, 0.3) is 0 Å². The van der Waals surface area contributed by atoms with Gasteiger partial charge in [-0.1, -0.05) is 133 Å². The Morgan fingerprint density at radius 3 is 1.61 bits per heavy atom. The molecule has 0 unspecified atom stereocenters. The molecule has 214 valence electrons. The molecule has 0 radical (unpaired) electrons. The van der Waals surface area contributed by atoms with Gasteiger partial charge in [0.05, 0.1) is 11.4 Å². The maximum atomic E-state index is 5.23. The minimum Gasteiger partial charge on any atom is -0.265 e. The highest BCUT2D eigenvalue weighted by atomic mass is 14.9. The van der Waals surface area contributed by atoms with E-state index in [1.807, 2.05) is 30.6 Å². The molecule has 2 heterocycles. The number of pyridine rings is 1. The second-order valence-electron chi connectivity index (χ2n) is 11.7. The lowest BCUT2D eigenvalue weighted by molar-refractivity contribution is 1.19. The SMILES string of the molecule is c1ccc(-c2ccc(-c3nc(-c4ccc(-c5ccncc5)cc4)cc(-c4ccc5ccc6cccc7ccc4c5c67)n3)cc2)cc1. The zero-order chi connectivity index (χ0) is 30.5. The van der Waals surface area contributed by atoms with E-state index in [9.17, 15) is 0 Å². The van der Waals surface area contributed by atoms with Gasteiger partial charge in [-0.25, -0.2) is 9.97 Å². The first-order chi connectivity index (χ1) is 22.8. The summed E-state index contributed by atoms with van der Waals surface area (Å²) >= 11 is 0. The first-order valence-electron chi connectivity index (χ1n) is 15.5. The third kappa shape index (κ3) is 4.49. The van der Waals surface area contributed by atoms with Crippen LogP contribution in [0.4, 0.5) is 0 Å². The Kier molecular flexibility index (Phi) is 6.14. The van der Waals surface area contributed by atoms with Crippen molar-refractivity contribution >= 4 is 32.3 Å². The summed E-state index contributed by atoms with van der Waals surface area (Å²) in [4.78, 5) is 14.5. The van der Waals surface area contributed by atoms with Gasteiger partial charge in [0.1, 0.15) is 0 Å². The van der Waals surface area contributed by atoms with Crippen LogP contribution in [0.3, 0.4) is 0 Å². The van der Waals surface area contributed by atoms with Crippen LogP contribution < -0.4 is 0 Å². The smallest absolute Gasteiger partial charge is 0.160 e. The van der Waals surface area contributed by atoms with E-state index < -0.39 is 0 Å². The van der Waals surface area contributed by atoms with Crippen LogP contribution in [0.25, 0.3) is 88.5 Å². The van der Waals surface area contributed by atoms with Gasteiger partial charge in [-0.2, -0.15) is 0 Å². The van der Waals surface area contributed by atoms with E-state index in [2.05, 4.69) is 138 Å². The van der Waals surface area contributed by atoms with Gasteiger partial charge in [0.2, 0.25) is 0 Å². The van der Waals surface area contributed by atoms with E-state index in [-0.39, 0.29) is 0 Å². The normalized spacial score (nSPS) is 11.5. The Morgan fingerprint density at radius 2 is 0.891 bits per heavy atom. The first kappa shape index (κ1) is 26.2. The molecular formula is C43H27N3. The molecule has 0 atom stereocenters. The van der Waals surface area contributed by atoms with Crippen molar-refractivity contribution in [1.82, 2.24) is 15.0 Å². The second-order valence-corrected chi connectivity index (χ2v) is 11.7. The Labute approximate surface area is 266 Å². The number of aromatic nitrogens is 3. The van der Waals surface area contributed by atoms with Crippen molar-refractivity contribution in [3.05, 3.63) is 164 Å². The highest BCUT2D eigenvalue weighted by Crippen LogP contribution is 2.40. The largest absolute Gasteiger partial charge is 0.265 e. The van der Waals surface area contributed by atoms with Gasteiger partial charge < -0.3 is 0 Å². The van der Waals surface area contributed by atoms with Crippen LogP contribution in [0.2, 0.25) is 0 Å². The van der Waals surface area contributed by atoms with E-state index in [1.54, 1.807) is 0 Å². The van der Waals surface area contributed by atoms with Crippen molar-refractivity contribution in [2.24, 2.45) is 0 Å². The third-order valence-electron chi connectivity index (χ3n) is 8.98. The van der Waals surface area contributed by atoms with Gasteiger partial charge >= 0.3 is 0 Å². The number of hydrogen-bond acceptors (Lipinski definition) is 3. The maximum Gasteiger partial charge on any atom is 0.160 e. The molecule has 0 N–H and O–H groups in total. The Morgan fingerprint density at radius 1 is 0.348 bits per heavy atom. The van der Waals surface area contributed by atoms with Gasteiger partial charge in [-0.05, 0) is 72.8 Å². The molecule has 9 aromatic rings. The van der Waals surface area contributed by atoms with Crippen molar-refractivity contribution in [2.45, 2.75) is 0 Å². The molecule has 3 heteroatoms. The summed E-state index contributed by atoms with van der Waals surface area (Å²) in [5, 5.41) is 7.53. The lowest BCUT2D eigenvalue weighted by Gasteiger charge is -2.15. The van der Waals surface area contributed by atoms with Crippen molar-refractivity contribution < 1.29 is 0 Å². The van der Waals surface area contributed by atoms with Crippen LogP contribution in [0.15, 0.2) is 164 Å². The Bertz CT molecular complexity index is 2370. The highest BCUT2D eigenvalue weighted by molar-refractivity contribution is 6.25. The quantitative estimate of drug-likeness (QED) is 0.189. The Hall–Kier alpha value is -6.19. The number of benzene rings is 7. The summed E-state index contributed by atoms with van der Waals surface area (Å²) in [5.74, 6) is 0.705. The Balaban J connectivity index is 1.22. The maximum absolute atomic E-state index is 5.23.